The van der Waals surface area contributed by atoms with E-state index in [4.69, 9.17) is 0 Å². The molecule has 0 aliphatic carbocycles. The van der Waals surface area contributed by atoms with Crippen LogP contribution in [0.2, 0.25) is 0 Å². The first-order valence-corrected chi connectivity index (χ1v) is 14.0. The van der Waals surface area contributed by atoms with Crippen molar-refractivity contribution in [3.63, 3.8) is 0 Å². The molecule has 0 saturated heterocycles. The van der Waals surface area contributed by atoms with Crippen molar-refractivity contribution in [2.45, 2.75) is 149 Å². The zero-order valence-corrected chi connectivity index (χ0v) is 21.4. The predicted molar refractivity (Wildman–Crippen MR) is 140 cm³/mol. The van der Waals surface area contributed by atoms with Crippen LogP contribution in [-0.2, 0) is 0 Å². The Morgan fingerprint density at radius 3 is 1.57 bits per heavy atom. The Morgan fingerprint density at radius 1 is 0.533 bits per heavy atom. The summed E-state index contributed by atoms with van der Waals surface area (Å²) in [5.41, 5.74) is 0. The minimum absolute atomic E-state index is 0.812. The van der Waals surface area contributed by atoms with Crippen LogP contribution >= 0.6 is 0 Å². The molecule has 0 rings (SSSR count). The van der Waals surface area contributed by atoms with Gasteiger partial charge in [-0.1, -0.05) is 150 Å². The first kappa shape index (κ1) is 29.7. The molecule has 3 unspecified atom stereocenters. The van der Waals surface area contributed by atoms with E-state index in [0.717, 1.165) is 30.6 Å². The molecule has 0 heteroatoms. The van der Waals surface area contributed by atoms with Crippen LogP contribution in [0.3, 0.4) is 0 Å². The topological polar surface area (TPSA) is 0 Å². The van der Waals surface area contributed by atoms with E-state index in [-0.39, 0.29) is 0 Å². The van der Waals surface area contributed by atoms with Crippen molar-refractivity contribution in [2.24, 2.45) is 17.8 Å². The van der Waals surface area contributed by atoms with Gasteiger partial charge in [0.05, 0.1) is 0 Å². The van der Waals surface area contributed by atoms with Crippen LogP contribution in [0, 0.1) is 31.6 Å². The summed E-state index contributed by atoms with van der Waals surface area (Å²) in [4.78, 5) is 0. The van der Waals surface area contributed by atoms with Crippen molar-refractivity contribution in [3.05, 3.63) is 26.0 Å². The molecule has 0 aliphatic heterocycles. The Morgan fingerprint density at radius 2 is 1.03 bits per heavy atom. The fourth-order valence-corrected chi connectivity index (χ4v) is 4.75. The molecule has 0 aromatic carbocycles. The van der Waals surface area contributed by atoms with E-state index in [0.29, 0.717) is 0 Å². The second-order valence-corrected chi connectivity index (χ2v) is 9.77. The molecule has 30 heavy (non-hydrogen) atoms. The van der Waals surface area contributed by atoms with Crippen molar-refractivity contribution in [3.8, 4) is 0 Å². The fraction of sp³-hybridized carbons (Fsp3) is 0.867. The molecule has 2 radical (unpaired) electrons. The second kappa shape index (κ2) is 23.4. The van der Waals surface area contributed by atoms with Crippen molar-refractivity contribution in [1.82, 2.24) is 0 Å². The number of hydrogen-bond acceptors (Lipinski definition) is 0. The monoisotopic (exact) mass is 418 g/mol. The van der Waals surface area contributed by atoms with Crippen molar-refractivity contribution >= 4 is 0 Å². The van der Waals surface area contributed by atoms with Gasteiger partial charge in [-0.3, -0.25) is 0 Å². The summed E-state index contributed by atoms with van der Waals surface area (Å²) in [6.07, 6.45) is 32.3. The summed E-state index contributed by atoms with van der Waals surface area (Å²) in [5.74, 6) is 2.71. The molecule has 0 saturated carbocycles. The van der Waals surface area contributed by atoms with Crippen LogP contribution < -0.4 is 0 Å². The number of allylic oxidation sites excluding steroid dienone is 2. The summed E-state index contributed by atoms with van der Waals surface area (Å²) in [6.45, 7) is 15.0. The maximum absolute atomic E-state index is 3.99. The highest BCUT2D eigenvalue weighted by molar-refractivity contribution is 4.88. The summed E-state index contributed by atoms with van der Waals surface area (Å²) in [6, 6.07) is 0. The van der Waals surface area contributed by atoms with E-state index in [1.807, 2.05) is 0 Å². The van der Waals surface area contributed by atoms with E-state index >= 15 is 0 Å². The van der Waals surface area contributed by atoms with Crippen molar-refractivity contribution in [1.29, 1.82) is 0 Å². The minimum Gasteiger partial charge on any atom is -0.0882 e. The van der Waals surface area contributed by atoms with Crippen LogP contribution in [0.25, 0.3) is 0 Å². The molecular weight excluding hydrogens is 360 g/mol. The lowest BCUT2D eigenvalue weighted by Gasteiger charge is -2.15. The summed E-state index contributed by atoms with van der Waals surface area (Å²) in [5, 5.41) is 0. The molecule has 0 heterocycles. The first-order chi connectivity index (χ1) is 14.7. The van der Waals surface area contributed by atoms with Crippen LogP contribution in [0.1, 0.15) is 149 Å². The van der Waals surface area contributed by atoms with Gasteiger partial charge in [0, 0.05) is 0 Å². The zero-order chi connectivity index (χ0) is 22.3. The quantitative estimate of drug-likeness (QED) is 0.114. The molecule has 3 atom stereocenters. The standard InChI is InChI=1S/C30H58/c1-6-11-13-14-17-23-29(9-4)24-18-15-16-19-25-30(10-5)27-21-20-26-28(8-3)22-12-7-2/h21,27-30H,1-2,6-20,22-26H2,3-5H3/b27-21+. The maximum atomic E-state index is 3.99. The predicted octanol–water partition coefficient (Wildman–Crippen LogP) is 10.9. The minimum atomic E-state index is 0.812. The molecule has 0 N–H and O–H groups in total. The number of hydrogen-bond donors (Lipinski definition) is 0. The Hall–Kier alpha value is -0.260. The van der Waals surface area contributed by atoms with Gasteiger partial charge >= 0.3 is 0 Å². The summed E-state index contributed by atoms with van der Waals surface area (Å²) >= 11 is 0. The highest BCUT2D eigenvalue weighted by atomic mass is 14.1. The average molecular weight is 419 g/mol. The first-order valence-electron chi connectivity index (χ1n) is 14.0. The third kappa shape index (κ3) is 18.5. The normalized spacial score (nSPS) is 15.0. The van der Waals surface area contributed by atoms with Crippen molar-refractivity contribution < 1.29 is 0 Å². The summed E-state index contributed by atoms with van der Waals surface area (Å²) in [7, 11) is 0. The molecule has 178 valence electrons. The highest BCUT2D eigenvalue weighted by Crippen LogP contribution is 2.23. The third-order valence-corrected chi connectivity index (χ3v) is 7.24. The molecule has 0 fully saturated rings. The van der Waals surface area contributed by atoms with Gasteiger partial charge < -0.3 is 0 Å². The molecule has 0 aromatic rings. The second-order valence-electron chi connectivity index (χ2n) is 9.77. The van der Waals surface area contributed by atoms with E-state index in [1.165, 1.54) is 116 Å². The van der Waals surface area contributed by atoms with Crippen LogP contribution in [-0.4, -0.2) is 0 Å². The lowest BCUT2D eigenvalue weighted by molar-refractivity contribution is 0.391. The fourth-order valence-electron chi connectivity index (χ4n) is 4.75. The molecule has 0 spiro atoms. The maximum Gasteiger partial charge on any atom is -0.0236 e. The molecule has 0 nitrogen and oxygen atoms in total. The van der Waals surface area contributed by atoms with Crippen LogP contribution in [0.15, 0.2) is 12.2 Å². The molecule has 0 aliphatic rings. The molecular formula is C30H58. The van der Waals surface area contributed by atoms with Gasteiger partial charge in [-0.25, -0.2) is 0 Å². The molecule has 0 amide bonds. The van der Waals surface area contributed by atoms with E-state index < -0.39 is 0 Å². The lowest BCUT2D eigenvalue weighted by Crippen LogP contribution is -2.00. The van der Waals surface area contributed by atoms with Crippen LogP contribution in [0.5, 0.6) is 0 Å². The Labute approximate surface area is 193 Å². The van der Waals surface area contributed by atoms with Crippen molar-refractivity contribution in [2.75, 3.05) is 0 Å². The smallest absolute Gasteiger partial charge is 0.0236 e. The van der Waals surface area contributed by atoms with E-state index in [9.17, 15) is 0 Å². The average Bonchev–Trinajstić information content (AvgIpc) is 2.77. The number of unbranched alkanes of at least 4 members (excludes halogenated alkanes) is 8. The van der Waals surface area contributed by atoms with Gasteiger partial charge in [-0.15, -0.1) is 0 Å². The van der Waals surface area contributed by atoms with Gasteiger partial charge in [0.15, 0.2) is 0 Å². The summed E-state index contributed by atoms with van der Waals surface area (Å²) < 4.78 is 0. The third-order valence-electron chi connectivity index (χ3n) is 7.24. The van der Waals surface area contributed by atoms with Gasteiger partial charge in [0.25, 0.3) is 0 Å². The Kier molecular flexibility index (Phi) is 23.2. The Balaban J connectivity index is 3.77. The van der Waals surface area contributed by atoms with E-state index in [1.54, 1.807) is 0 Å². The lowest BCUT2D eigenvalue weighted by atomic mass is 9.91. The van der Waals surface area contributed by atoms with Crippen LogP contribution in [0.4, 0.5) is 0 Å². The largest absolute Gasteiger partial charge is 0.0882 e. The highest BCUT2D eigenvalue weighted by Gasteiger charge is 2.07. The van der Waals surface area contributed by atoms with Gasteiger partial charge in [0.1, 0.15) is 0 Å². The van der Waals surface area contributed by atoms with Gasteiger partial charge in [-0.05, 0) is 43.4 Å². The van der Waals surface area contributed by atoms with Gasteiger partial charge in [0.2, 0.25) is 0 Å². The molecule has 0 bridgehead atoms. The van der Waals surface area contributed by atoms with Gasteiger partial charge in [-0.2, -0.15) is 0 Å². The molecule has 0 aromatic heterocycles. The zero-order valence-electron chi connectivity index (χ0n) is 21.4. The van der Waals surface area contributed by atoms with E-state index in [2.05, 4.69) is 46.8 Å². The number of rotatable bonds is 23. The Bertz CT molecular complexity index is 342. The SMILES string of the molecule is [CH2]CCCCCCC(CC)CCCCCCC(/C=C/CCC(CC)CCC[CH2])CC.